The summed E-state index contributed by atoms with van der Waals surface area (Å²) in [6.07, 6.45) is 3.32. The molecule has 2 aromatic rings. The number of rotatable bonds is 4. The quantitative estimate of drug-likeness (QED) is 0.898. The van der Waals surface area contributed by atoms with Crippen LogP contribution in [0, 0.1) is 0 Å². The van der Waals surface area contributed by atoms with E-state index in [1.807, 2.05) is 19.1 Å². The molecule has 0 aliphatic rings. The molecule has 0 aliphatic carbocycles. The van der Waals surface area contributed by atoms with Crippen molar-refractivity contribution in [1.29, 1.82) is 0 Å². The van der Waals surface area contributed by atoms with E-state index >= 15 is 0 Å². The first kappa shape index (κ1) is 13.2. The summed E-state index contributed by atoms with van der Waals surface area (Å²) < 4.78 is 0. The molecule has 0 saturated carbocycles. The van der Waals surface area contributed by atoms with Crippen molar-refractivity contribution in [1.82, 2.24) is 10.3 Å². The maximum absolute atomic E-state index is 12.0. The van der Waals surface area contributed by atoms with E-state index in [2.05, 4.69) is 10.3 Å². The number of hydrogen-bond acceptors (Lipinski definition) is 4. The first-order valence-electron chi connectivity index (χ1n) is 5.62. The zero-order chi connectivity index (χ0) is 13.8. The first-order chi connectivity index (χ1) is 9.08. The van der Waals surface area contributed by atoms with Gasteiger partial charge in [-0.25, -0.2) is 4.79 Å². The van der Waals surface area contributed by atoms with Crippen LogP contribution < -0.4 is 5.32 Å². The molecule has 19 heavy (non-hydrogen) atoms. The Hall–Kier alpha value is -2.21. The molecule has 0 fully saturated rings. The number of carbonyl (C=O) groups excluding carboxylic acids is 1. The number of thiophene rings is 1. The van der Waals surface area contributed by atoms with Gasteiger partial charge in [-0.2, -0.15) is 0 Å². The van der Waals surface area contributed by atoms with E-state index in [0.29, 0.717) is 4.88 Å². The van der Waals surface area contributed by atoms with Crippen LogP contribution in [-0.2, 0) is 0 Å². The predicted molar refractivity (Wildman–Crippen MR) is 71.4 cm³/mol. The fourth-order valence-electron chi connectivity index (χ4n) is 1.58. The minimum atomic E-state index is -1.02. The van der Waals surface area contributed by atoms with Gasteiger partial charge in [0, 0.05) is 12.4 Å². The maximum Gasteiger partial charge on any atom is 0.345 e. The molecule has 1 atom stereocenters. The van der Waals surface area contributed by atoms with E-state index in [-0.39, 0.29) is 16.8 Å². The van der Waals surface area contributed by atoms with Crippen LogP contribution in [0.3, 0.4) is 0 Å². The highest BCUT2D eigenvalue weighted by molar-refractivity contribution is 7.15. The summed E-state index contributed by atoms with van der Waals surface area (Å²) in [6, 6.07) is 6.43. The molecule has 1 amide bonds. The summed E-state index contributed by atoms with van der Waals surface area (Å²) in [4.78, 5) is 27.2. The van der Waals surface area contributed by atoms with Crippen LogP contribution >= 0.6 is 11.3 Å². The first-order valence-corrected chi connectivity index (χ1v) is 6.43. The maximum atomic E-state index is 12.0. The smallest absolute Gasteiger partial charge is 0.345 e. The predicted octanol–water partition coefficient (Wildman–Crippen LogP) is 2.33. The van der Waals surface area contributed by atoms with Gasteiger partial charge >= 0.3 is 5.97 Å². The fraction of sp³-hybridized carbons (Fsp3) is 0.154. The lowest BCUT2D eigenvalue weighted by Gasteiger charge is -2.13. The zero-order valence-corrected chi connectivity index (χ0v) is 11.0. The molecule has 0 saturated heterocycles. The molecule has 0 spiro atoms. The molecule has 0 bridgehead atoms. The highest BCUT2D eigenvalue weighted by Gasteiger charge is 2.15. The highest BCUT2D eigenvalue weighted by atomic mass is 32.1. The Morgan fingerprint density at radius 3 is 2.42 bits per heavy atom. The van der Waals surface area contributed by atoms with Gasteiger partial charge in [0.1, 0.15) is 4.88 Å². The van der Waals surface area contributed by atoms with Crippen molar-refractivity contribution in [3.63, 3.8) is 0 Å². The number of aromatic carboxylic acids is 1. The van der Waals surface area contributed by atoms with Crippen molar-refractivity contribution < 1.29 is 14.7 Å². The Bertz CT molecular complexity index is 595. The van der Waals surface area contributed by atoms with Crippen LogP contribution in [0.2, 0.25) is 0 Å². The minimum absolute atomic E-state index is 0.154. The molecule has 2 rings (SSSR count). The van der Waals surface area contributed by atoms with Gasteiger partial charge in [-0.1, -0.05) is 0 Å². The van der Waals surface area contributed by atoms with Crippen molar-refractivity contribution in [2.24, 2.45) is 0 Å². The average molecular weight is 276 g/mol. The lowest BCUT2D eigenvalue weighted by atomic mass is 10.1. The number of carboxylic acids is 1. The Morgan fingerprint density at radius 2 is 1.84 bits per heavy atom. The second kappa shape index (κ2) is 5.62. The number of carbonyl (C=O) groups is 2. The summed E-state index contributed by atoms with van der Waals surface area (Å²) in [5, 5.41) is 11.6. The number of carboxylic acid groups (broad SMARTS) is 1. The summed E-state index contributed by atoms with van der Waals surface area (Å²) in [6.45, 7) is 1.86. The van der Waals surface area contributed by atoms with Gasteiger partial charge in [0.05, 0.1) is 10.9 Å². The van der Waals surface area contributed by atoms with E-state index in [1.165, 1.54) is 12.1 Å². The Kier molecular flexibility index (Phi) is 3.91. The molecule has 0 aliphatic heterocycles. The summed E-state index contributed by atoms with van der Waals surface area (Å²) >= 11 is 0.962. The van der Waals surface area contributed by atoms with Crippen molar-refractivity contribution >= 4 is 23.2 Å². The van der Waals surface area contributed by atoms with Crippen molar-refractivity contribution in [2.45, 2.75) is 13.0 Å². The van der Waals surface area contributed by atoms with Crippen LogP contribution in [0.4, 0.5) is 0 Å². The normalized spacial score (nSPS) is 11.8. The molecule has 5 nitrogen and oxygen atoms in total. The van der Waals surface area contributed by atoms with Crippen molar-refractivity contribution in [3.05, 3.63) is 52.0 Å². The van der Waals surface area contributed by atoms with Crippen LogP contribution in [0.15, 0.2) is 36.7 Å². The molecular weight excluding hydrogens is 264 g/mol. The largest absolute Gasteiger partial charge is 0.477 e. The molecule has 98 valence electrons. The van der Waals surface area contributed by atoms with Gasteiger partial charge in [-0.15, -0.1) is 11.3 Å². The van der Waals surface area contributed by atoms with Gasteiger partial charge in [-0.3, -0.25) is 9.78 Å². The number of nitrogens with one attached hydrogen (secondary N) is 1. The number of pyridine rings is 1. The van der Waals surface area contributed by atoms with Crippen molar-refractivity contribution in [2.75, 3.05) is 0 Å². The van der Waals surface area contributed by atoms with Crippen LogP contribution in [0.5, 0.6) is 0 Å². The highest BCUT2D eigenvalue weighted by Crippen LogP contribution is 2.18. The number of aromatic nitrogens is 1. The monoisotopic (exact) mass is 276 g/mol. The number of hydrogen-bond donors (Lipinski definition) is 2. The Labute approximate surface area is 113 Å². The van der Waals surface area contributed by atoms with Gasteiger partial charge in [-0.05, 0) is 36.8 Å². The standard InChI is InChI=1S/C13H12N2O3S/c1-8(9-4-6-14-7-5-9)15-12(16)10-2-3-11(19-10)13(17)18/h2-8H,1H3,(H,15,16)(H,17,18). The van der Waals surface area contributed by atoms with Crippen LogP contribution in [0.25, 0.3) is 0 Å². The SMILES string of the molecule is CC(NC(=O)c1ccc(C(=O)O)s1)c1ccncc1. The summed E-state index contributed by atoms with van der Waals surface area (Å²) in [7, 11) is 0. The molecular formula is C13H12N2O3S. The molecule has 0 aromatic carbocycles. The summed E-state index contributed by atoms with van der Waals surface area (Å²) in [5.74, 6) is -1.30. The van der Waals surface area contributed by atoms with E-state index < -0.39 is 5.97 Å². The second-order valence-electron chi connectivity index (χ2n) is 3.94. The second-order valence-corrected chi connectivity index (χ2v) is 5.03. The van der Waals surface area contributed by atoms with Crippen LogP contribution in [-0.4, -0.2) is 22.0 Å². The average Bonchev–Trinajstić information content (AvgIpc) is 2.89. The van der Waals surface area contributed by atoms with Gasteiger partial charge < -0.3 is 10.4 Å². The number of amides is 1. The minimum Gasteiger partial charge on any atom is -0.477 e. The molecule has 1 unspecified atom stereocenters. The molecule has 0 radical (unpaired) electrons. The number of nitrogens with zero attached hydrogens (tertiary/aromatic N) is 1. The van der Waals surface area contributed by atoms with Gasteiger partial charge in [0.25, 0.3) is 5.91 Å². The zero-order valence-electron chi connectivity index (χ0n) is 10.2. The molecule has 2 heterocycles. The van der Waals surface area contributed by atoms with E-state index in [0.717, 1.165) is 16.9 Å². The van der Waals surface area contributed by atoms with E-state index in [9.17, 15) is 9.59 Å². The summed E-state index contributed by atoms with van der Waals surface area (Å²) in [5.41, 5.74) is 0.943. The van der Waals surface area contributed by atoms with Crippen LogP contribution in [0.1, 0.15) is 37.9 Å². The third kappa shape index (κ3) is 3.17. The third-order valence-electron chi connectivity index (χ3n) is 2.59. The Morgan fingerprint density at radius 1 is 1.21 bits per heavy atom. The lowest BCUT2D eigenvalue weighted by Crippen LogP contribution is -2.25. The third-order valence-corrected chi connectivity index (χ3v) is 3.67. The topological polar surface area (TPSA) is 79.3 Å². The molecule has 6 heteroatoms. The lowest BCUT2D eigenvalue weighted by molar-refractivity contribution is 0.0702. The van der Waals surface area contributed by atoms with Crippen molar-refractivity contribution in [3.8, 4) is 0 Å². The fourth-order valence-corrected chi connectivity index (χ4v) is 2.33. The van der Waals surface area contributed by atoms with Gasteiger partial charge in [0.15, 0.2) is 0 Å². The van der Waals surface area contributed by atoms with E-state index in [1.54, 1.807) is 12.4 Å². The molecule has 2 N–H and O–H groups in total. The van der Waals surface area contributed by atoms with E-state index in [4.69, 9.17) is 5.11 Å². The molecule has 2 aromatic heterocycles. The van der Waals surface area contributed by atoms with Gasteiger partial charge in [0.2, 0.25) is 0 Å². The Balaban J connectivity index is 2.06.